The molecule has 1 fully saturated rings. The van der Waals surface area contributed by atoms with Gasteiger partial charge < -0.3 is 20.3 Å². The van der Waals surface area contributed by atoms with Crippen LogP contribution in [-0.4, -0.2) is 45.4 Å². The van der Waals surface area contributed by atoms with E-state index in [4.69, 9.17) is 0 Å². The third-order valence-corrected chi connectivity index (χ3v) is 4.54. The van der Waals surface area contributed by atoms with Gasteiger partial charge in [0.05, 0.1) is 0 Å². The van der Waals surface area contributed by atoms with Gasteiger partial charge in [0.1, 0.15) is 6.20 Å². The smallest absolute Gasteiger partial charge is 0.363 e. The van der Waals surface area contributed by atoms with E-state index in [0.29, 0.717) is 16.7 Å². The van der Waals surface area contributed by atoms with E-state index in [2.05, 4.69) is 22.1 Å². The number of aromatic nitrogens is 2. The van der Waals surface area contributed by atoms with Crippen LogP contribution in [0.25, 0.3) is 4.96 Å². The monoisotopic (exact) mass is 295 g/mol. The van der Waals surface area contributed by atoms with Crippen LogP contribution in [0.3, 0.4) is 0 Å². The highest BCUT2D eigenvalue weighted by Gasteiger charge is 2.26. The average Bonchev–Trinajstić information content (AvgIpc) is 3.10. The average molecular weight is 295 g/mol. The number of anilines is 1. The lowest BCUT2D eigenvalue weighted by Crippen LogP contribution is -2.22. The highest BCUT2D eigenvalue weighted by Crippen LogP contribution is 2.28. The molecule has 0 saturated carbocycles. The number of thiazole rings is 1. The predicted octanol–water partition coefficient (Wildman–Crippen LogP) is 2.06. The van der Waals surface area contributed by atoms with Crippen molar-refractivity contribution in [3.05, 3.63) is 21.7 Å². The van der Waals surface area contributed by atoms with Gasteiger partial charge >= 0.3 is 5.82 Å². The normalized spacial score (nSPS) is 19.8. The number of fused-ring (bicyclic) bond motifs is 1. The first-order valence-electron chi connectivity index (χ1n) is 6.75. The molecule has 7 nitrogen and oxygen atoms in total. The minimum atomic E-state index is -0.373. The fourth-order valence-electron chi connectivity index (χ4n) is 2.67. The van der Waals surface area contributed by atoms with E-state index in [0.717, 1.165) is 32.6 Å². The van der Waals surface area contributed by atoms with Crippen molar-refractivity contribution < 1.29 is 4.92 Å². The Balaban J connectivity index is 1.73. The second kappa shape index (κ2) is 5.37. The predicted molar refractivity (Wildman–Crippen MR) is 78.4 cm³/mol. The molecule has 1 aliphatic heterocycles. The molecule has 2 aromatic rings. The Morgan fingerprint density at radius 1 is 1.65 bits per heavy atom. The van der Waals surface area contributed by atoms with Gasteiger partial charge in [-0.2, -0.15) is 9.38 Å². The van der Waals surface area contributed by atoms with Gasteiger partial charge in [-0.3, -0.25) is 0 Å². The maximum absolute atomic E-state index is 11.2. The fraction of sp³-hybridized carbons (Fsp3) is 0.583. The molecule has 0 radical (unpaired) electrons. The van der Waals surface area contributed by atoms with Crippen molar-refractivity contribution in [1.82, 2.24) is 14.3 Å². The Kier molecular flexibility index (Phi) is 3.58. The molecule has 0 amide bonds. The number of nitro groups is 1. The number of imidazole rings is 1. The van der Waals surface area contributed by atoms with Crippen molar-refractivity contribution in [2.24, 2.45) is 5.92 Å². The van der Waals surface area contributed by atoms with E-state index < -0.39 is 0 Å². The zero-order valence-electron chi connectivity index (χ0n) is 11.3. The first kappa shape index (κ1) is 13.3. The van der Waals surface area contributed by atoms with Crippen LogP contribution < -0.4 is 5.32 Å². The Morgan fingerprint density at radius 3 is 3.20 bits per heavy atom. The van der Waals surface area contributed by atoms with Crippen LogP contribution in [0, 0.1) is 16.0 Å². The van der Waals surface area contributed by atoms with E-state index in [1.165, 1.54) is 15.7 Å². The van der Waals surface area contributed by atoms with Gasteiger partial charge in [-0.05, 0) is 30.4 Å². The number of rotatable bonds is 5. The molecular weight excluding hydrogens is 278 g/mol. The highest BCUT2D eigenvalue weighted by molar-refractivity contribution is 7.15. The molecule has 1 atom stereocenters. The highest BCUT2D eigenvalue weighted by atomic mass is 32.1. The molecule has 108 valence electrons. The van der Waals surface area contributed by atoms with Crippen LogP contribution in [0.2, 0.25) is 0 Å². The molecule has 1 N–H and O–H groups in total. The SMILES string of the molecule is CCN1CCC(CNc2nc3sccn3c2[N+](=O)[O-])C1. The summed E-state index contributed by atoms with van der Waals surface area (Å²) in [5, 5.41) is 16.2. The Labute approximate surface area is 120 Å². The zero-order chi connectivity index (χ0) is 14.1. The molecule has 3 heterocycles. The van der Waals surface area contributed by atoms with E-state index in [1.54, 1.807) is 11.6 Å². The van der Waals surface area contributed by atoms with Crippen LogP contribution in [0.4, 0.5) is 11.6 Å². The summed E-state index contributed by atoms with van der Waals surface area (Å²) in [6, 6.07) is 0. The van der Waals surface area contributed by atoms with Crippen LogP contribution in [0.15, 0.2) is 11.6 Å². The third kappa shape index (κ3) is 2.36. The van der Waals surface area contributed by atoms with Gasteiger partial charge in [0.25, 0.3) is 4.96 Å². The molecule has 3 rings (SSSR count). The first-order valence-corrected chi connectivity index (χ1v) is 7.63. The molecular formula is C12H17N5O2S. The molecule has 1 saturated heterocycles. The molecule has 0 aromatic carbocycles. The summed E-state index contributed by atoms with van der Waals surface area (Å²) < 4.78 is 1.53. The van der Waals surface area contributed by atoms with Crippen molar-refractivity contribution in [2.45, 2.75) is 13.3 Å². The molecule has 0 aliphatic carbocycles. The van der Waals surface area contributed by atoms with Crippen molar-refractivity contribution in [3.63, 3.8) is 0 Å². The van der Waals surface area contributed by atoms with Gasteiger partial charge in [0.15, 0.2) is 0 Å². The molecule has 1 aliphatic rings. The Bertz CT molecular complexity index is 622. The largest absolute Gasteiger partial charge is 0.372 e. The lowest BCUT2D eigenvalue weighted by atomic mass is 10.1. The van der Waals surface area contributed by atoms with Gasteiger partial charge in [-0.25, -0.2) is 0 Å². The minimum Gasteiger partial charge on any atom is -0.363 e. The van der Waals surface area contributed by atoms with E-state index in [9.17, 15) is 10.1 Å². The Hall–Kier alpha value is -1.67. The van der Waals surface area contributed by atoms with Gasteiger partial charge in [-0.15, -0.1) is 0 Å². The topological polar surface area (TPSA) is 75.7 Å². The quantitative estimate of drug-likeness (QED) is 0.675. The maximum Gasteiger partial charge on any atom is 0.372 e. The number of hydrogen-bond acceptors (Lipinski definition) is 6. The van der Waals surface area contributed by atoms with Crippen molar-refractivity contribution >= 4 is 27.9 Å². The summed E-state index contributed by atoms with van der Waals surface area (Å²) >= 11 is 1.40. The molecule has 8 heteroatoms. The number of likely N-dealkylation sites (tertiary alicyclic amines) is 1. The summed E-state index contributed by atoms with van der Waals surface area (Å²) in [6.45, 7) is 6.13. The van der Waals surface area contributed by atoms with Gasteiger partial charge in [0.2, 0.25) is 5.82 Å². The van der Waals surface area contributed by atoms with E-state index >= 15 is 0 Å². The Morgan fingerprint density at radius 2 is 2.50 bits per heavy atom. The zero-order valence-corrected chi connectivity index (χ0v) is 12.1. The van der Waals surface area contributed by atoms with Crippen LogP contribution in [-0.2, 0) is 0 Å². The van der Waals surface area contributed by atoms with Gasteiger partial charge in [-0.1, -0.05) is 18.3 Å². The number of nitrogens with zero attached hydrogens (tertiary/aromatic N) is 4. The summed E-state index contributed by atoms with van der Waals surface area (Å²) in [6.07, 6.45) is 2.82. The van der Waals surface area contributed by atoms with Gasteiger partial charge in [0, 0.05) is 18.5 Å². The molecule has 0 bridgehead atoms. The number of hydrogen-bond donors (Lipinski definition) is 1. The van der Waals surface area contributed by atoms with E-state index in [1.807, 2.05) is 0 Å². The molecule has 20 heavy (non-hydrogen) atoms. The standard InChI is InChI=1S/C12H17N5O2S/c1-2-15-4-3-9(8-15)7-13-10-11(17(18)19)16-5-6-20-12(16)14-10/h5-6,9,13H,2-4,7-8H2,1H3. The minimum absolute atomic E-state index is 0.0339. The van der Waals surface area contributed by atoms with Crippen LogP contribution in [0.5, 0.6) is 0 Å². The van der Waals surface area contributed by atoms with Crippen LogP contribution in [0.1, 0.15) is 13.3 Å². The summed E-state index contributed by atoms with van der Waals surface area (Å²) in [4.78, 5) is 18.2. The second-order valence-corrected chi connectivity index (χ2v) is 5.90. The fourth-order valence-corrected chi connectivity index (χ4v) is 3.38. The summed E-state index contributed by atoms with van der Waals surface area (Å²) in [5.41, 5.74) is 0. The lowest BCUT2D eigenvalue weighted by Gasteiger charge is -2.13. The molecule has 1 unspecified atom stereocenters. The third-order valence-electron chi connectivity index (χ3n) is 3.79. The second-order valence-electron chi connectivity index (χ2n) is 5.03. The van der Waals surface area contributed by atoms with Crippen molar-refractivity contribution in [3.8, 4) is 0 Å². The first-order chi connectivity index (χ1) is 9.69. The maximum atomic E-state index is 11.2. The lowest BCUT2D eigenvalue weighted by molar-refractivity contribution is -0.389. The van der Waals surface area contributed by atoms with E-state index in [-0.39, 0.29) is 10.7 Å². The summed E-state index contributed by atoms with van der Waals surface area (Å²) in [7, 11) is 0. The molecule has 2 aromatic heterocycles. The summed E-state index contributed by atoms with van der Waals surface area (Å²) in [5.74, 6) is 0.956. The number of nitrogens with one attached hydrogen (secondary N) is 1. The van der Waals surface area contributed by atoms with Crippen molar-refractivity contribution in [1.29, 1.82) is 0 Å². The van der Waals surface area contributed by atoms with Crippen LogP contribution >= 0.6 is 11.3 Å². The molecule has 0 spiro atoms. The van der Waals surface area contributed by atoms with Crippen molar-refractivity contribution in [2.75, 3.05) is 31.5 Å².